The third-order valence-corrected chi connectivity index (χ3v) is 7.25. The lowest BCUT2D eigenvalue weighted by Gasteiger charge is -2.24. The highest BCUT2D eigenvalue weighted by Crippen LogP contribution is 2.42. The molecule has 2 aromatic heterocycles. The number of aliphatic imine (C=N–C) groups is 1. The maximum atomic E-state index is 12.5. The van der Waals surface area contributed by atoms with Gasteiger partial charge in [0.25, 0.3) is 0 Å². The van der Waals surface area contributed by atoms with Crippen molar-refractivity contribution in [3.8, 4) is 5.75 Å². The zero-order valence-corrected chi connectivity index (χ0v) is 19.5. The summed E-state index contributed by atoms with van der Waals surface area (Å²) >= 11 is 1.68. The van der Waals surface area contributed by atoms with Gasteiger partial charge in [-0.1, -0.05) is 6.92 Å². The van der Waals surface area contributed by atoms with Gasteiger partial charge in [-0.05, 0) is 54.5 Å². The number of hydrogen-bond donors (Lipinski definition) is 1. The van der Waals surface area contributed by atoms with Crippen LogP contribution in [0.25, 0.3) is 10.2 Å². The molecule has 1 aliphatic heterocycles. The smallest absolute Gasteiger partial charge is 0.225 e. The molecule has 1 atom stereocenters. The van der Waals surface area contributed by atoms with Gasteiger partial charge >= 0.3 is 0 Å². The van der Waals surface area contributed by atoms with Crippen molar-refractivity contribution in [3.05, 3.63) is 40.0 Å². The number of nitrogens with zero attached hydrogens (tertiary/aromatic N) is 4. The number of aromatic nitrogens is 2. The molecule has 0 bridgehead atoms. The number of rotatable bonds is 6. The number of thiophene rings is 1. The van der Waals surface area contributed by atoms with E-state index < -0.39 is 0 Å². The Labute approximate surface area is 191 Å². The molecule has 5 rings (SSSR count). The maximum Gasteiger partial charge on any atom is 0.225 e. The molecular weight excluding hydrogens is 422 g/mol. The summed E-state index contributed by atoms with van der Waals surface area (Å²) < 4.78 is 6.05. The number of amides is 1. The molecule has 0 saturated heterocycles. The molecular formula is C24H27N5O2S. The number of ether oxygens (including phenoxy) is 1. The minimum Gasteiger partial charge on any atom is -0.491 e. The zero-order valence-electron chi connectivity index (χ0n) is 18.6. The minimum atomic E-state index is 0.0416. The highest BCUT2D eigenvalue weighted by molar-refractivity contribution is 7.19. The number of carbonyl (C=O) groups is 1. The Bertz CT molecular complexity index is 1220. The second-order valence-corrected chi connectivity index (χ2v) is 9.65. The van der Waals surface area contributed by atoms with Crippen molar-refractivity contribution in [1.82, 2.24) is 14.9 Å². The molecule has 1 aromatic carbocycles. The molecule has 3 aromatic rings. The number of nitrogens with one attached hydrogen (secondary N) is 1. The van der Waals surface area contributed by atoms with Gasteiger partial charge in [-0.25, -0.2) is 9.97 Å². The van der Waals surface area contributed by atoms with Crippen LogP contribution >= 0.6 is 11.3 Å². The highest BCUT2D eigenvalue weighted by atomic mass is 32.1. The van der Waals surface area contributed by atoms with E-state index >= 15 is 0 Å². The standard InChI is InChI=1S/C24H27N5O2S/c1-4-7-31-19-9-16-12-25-11-15(16)8-18(19)28-22-21-17-6-5-14(24(30)29(2)3)10-20(17)32-23(21)27-13-26-22/h8-9,11,13-14H,4-7,10,12H2,1-3H3,(H,26,27,28)/t14-/m0/s1. The molecule has 8 heteroatoms. The lowest BCUT2D eigenvalue weighted by molar-refractivity contribution is -0.133. The molecule has 166 valence electrons. The average molecular weight is 450 g/mol. The summed E-state index contributed by atoms with van der Waals surface area (Å²) in [5, 5.41) is 4.60. The second kappa shape index (κ2) is 8.50. The van der Waals surface area contributed by atoms with Crippen LogP contribution in [-0.4, -0.2) is 47.7 Å². The molecule has 7 nitrogen and oxygen atoms in total. The van der Waals surface area contributed by atoms with E-state index in [0.29, 0.717) is 13.2 Å². The Morgan fingerprint density at radius 2 is 2.19 bits per heavy atom. The van der Waals surface area contributed by atoms with Crippen molar-refractivity contribution in [1.29, 1.82) is 0 Å². The fraction of sp³-hybridized carbons (Fsp3) is 0.417. The van der Waals surface area contributed by atoms with Crippen LogP contribution < -0.4 is 10.1 Å². The molecule has 0 fully saturated rings. The van der Waals surface area contributed by atoms with Crippen LogP contribution in [0.15, 0.2) is 23.5 Å². The van der Waals surface area contributed by atoms with Crippen LogP contribution in [0.4, 0.5) is 11.5 Å². The molecule has 3 heterocycles. The number of carbonyl (C=O) groups excluding carboxylic acids is 1. The Morgan fingerprint density at radius 3 is 3.00 bits per heavy atom. The highest BCUT2D eigenvalue weighted by Gasteiger charge is 2.30. The summed E-state index contributed by atoms with van der Waals surface area (Å²) in [6.07, 6.45) is 6.94. The van der Waals surface area contributed by atoms with Gasteiger partial charge < -0.3 is 15.0 Å². The minimum absolute atomic E-state index is 0.0416. The maximum absolute atomic E-state index is 12.5. The van der Waals surface area contributed by atoms with Gasteiger partial charge in [0.05, 0.1) is 24.2 Å². The fourth-order valence-corrected chi connectivity index (χ4v) is 5.74. The van der Waals surface area contributed by atoms with Crippen LogP contribution in [0, 0.1) is 5.92 Å². The number of anilines is 2. The quantitative estimate of drug-likeness (QED) is 0.605. The second-order valence-electron chi connectivity index (χ2n) is 8.57. The van der Waals surface area contributed by atoms with Crippen molar-refractivity contribution < 1.29 is 9.53 Å². The topological polar surface area (TPSA) is 79.7 Å². The number of fused-ring (bicyclic) bond motifs is 4. The van der Waals surface area contributed by atoms with E-state index in [-0.39, 0.29) is 11.8 Å². The number of hydrogen-bond acceptors (Lipinski definition) is 7. The monoisotopic (exact) mass is 449 g/mol. The van der Waals surface area contributed by atoms with Crippen LogP contribution in [0.2, 0.25) is 0 Å². The van der Waals surface area contributed by atoms with Crippen LogP contribution in [0.3, 0.4) is 0 Å². The molecule has 1 N–H and O–H groups in total. The predicted octanol–water partition coefficient (Wildman–Crippen LogP) is 4.35. The molecule has 0 radical (unpaired) electrons. The van der Waals surface area contributed by atoms with Gasteiger partial charge in [-0.15, -0.1) is 11.3 Å². The molecule has 0 spiro atoms. The van der Waals surface area contributed by atoms with Crippen LogP contribution in [0.1, 0.15) is 41.3 Å². The molecule has 1 amide bonds. The van der Waals surface area contributed by atoms with Gasteiger partial charge in [0.15, 0.2) is 0 Å². The molecule has 1 aliphatic carbocycles. The molecule has 0 unspecified atom stereocenters. The Morgan fingerprint density at radius 1 is 1.31 bits per heavy atom. The van der Waals surface area contributed by atoms with Gasteiger partial charge in [0, 0.05) is 31.1 Å². The van der Waals surface area contributed by atoms with E-state index in [1.165, 1.54) is 16.0 Å². The predicted molar refractivity (Wildman–Crippen MR) is 128 cm³/mol. The molecule has 32 heavy (non-hydrogen) atoms. The fourth-order valence-electron chi connectivity index (χ4n) is 4.48. The summed E-state index contributed by atoms with van der Waals surface area (Å²) in [5.74, 6) is 1.86. The van der Waals surface area contributed by atoms with Gasteiger partial charge in [0.1, 0.15) is 22.7 Å². The van der Waals surface area contributed by atoms with E-state index in [2.05, 4.69) is 39.3 Å². The van der Waals surface area contributed by atoms with Gasteiger partial charge in [0.2, 0.25) is 5.91 Å². The lowest BCUT2D eigenvalue weighted by atomic mass is 9.87. The summed E-state index contributed by atoms with van der Waals surface area (Å²) in [5.41, 5.74) is 4.45. The zero-order chi connectivity index (χ0) is 22.2. The van der Waals surface area contributed by atoms with Crippen molar-refractivity contribution in [2.24, 2.45) is 10.9 Å². The summed E-state index contributed by atoms with van der Waals surface area (Å²) in [7, 11) is 3.66. The van der Waals surface area contributed by atoms with Crippen molar-refractivity contribution in [2.45, 2.75) is 39.2 Å². The summed E-state index contributed by atoms with van der Waals surface area (Å²) in [6, 6.07) is 4.18. The van der Waals surface area contributed by atoms with Gasteiger partial charge in [-0.2, -0.15) is 0 Å². The van der Waals surface area contributed by atoms with E-state index in [4.69, 9.17) is 4.74 Å². The Balaban J connectivity index is 1.51. The average Bonchev–Trinajstić information content (AvgIpc) is 3.40. The summed E-state index contributed by atoms with van der Waals surface area (Å²) in [6.45, 7) is 3.45. The molecule has 2 aliphatic rings. The van der Waals surface area contributed by atoms with E-state index in [1.807, 2.05) is 20.3 Å². The SMILES string of the molecule is CCCOc1cc2c(cc1Nc1ncnc3sc4c(c13)CC[C@H](C(=O)N(C)C)C4)C=NC2. The Hall–Kier alpha value is -3.00. The Kier molecular flexibility index (Phi) is 5.55. The normalized spacial score (nSPS) is 16.7. The first-order valence-electron chi connectivity index (χ1n) is 11.1. The van der Waals surface area contributed by atoms with E-state index in [1.54, 1.807) is 22.6 Å². The number of aryl methyl sites for hydroxylation is 1. The number of benzene rings is 1. The first-order chi connectivity index (χ1) is 15.5. The van der Waals surface area contributed by atoms with Crippen molar-refractivity contribution >= 4 is 45.2 Å². The van der Waals surface area contributed by atoms with Crippen molar-refractivity contribution in [3.63, 3.8) is 0 Å². The largest absolute Gasteiger partial charge is 0.491 e. The van der Waals surface area contributed by atoms with Crippen LogP contribution in [0.5, 0.6) is 5.75 Å². The van der Waals surface area contributed by atoms with Gasteiger partial charge in [-0.3, -0.25) is 9.79 Å². The first kappa shape index (κ1) is 20.9. The van der Waals surface area contributed by atoms with E-state index in [0.717, 1.165) is 58.7 Å². The van der Waals surface area contributed by atoms with Crippen LogP contribution in [-0.2, 0) is 24.2 Å². The summed E-state index contributed by atoms with van der Waals surface area (Å²) in [4.78, 5) is 30.0. The van der Waals surface area contributed by atoms with E-state index in [9.17, 15) is 4.79 Å². The van der Waals surface area contributed by atoms with Crippen molar-refractivity contribution in [2.75, 3.05) is 26.0 Å². The third-order valence-electron chi connectivity index (χ3n) is 6.08. The first-order valence-corrected chi connectivity index (χ1v) is 11.9. The third kappa shape index (κ3) is 3.72. The molecule has 0 saturated carbocycles. The lowest BCUT2D eigenvalue weighted by Crippen LogP contribution is -2.32.